The van der Waals surface area contributed by atoms with E-state index < -0.39 is 0 Å². The molecule has 25 heavy (non-hydrogen) atoms. The zero-order chi connectivity index (χ0) is 18.1. The Hall–Kier alpha value is -2.41. The van der Waals surface area contributed by atoms with Crippen molar-refractivity contribution in [3.63, 3.8) is 0 Å². The van der Waals surface area contributed by atoms with Crippen LogP contribution in [-0.2, 0) is 16.0 Å². The molecule has 0 saturated heterocycles. The van der Waals surface area contributed by atoms with Crippen LogP contribution in [0.15, 0.2) is 48.7 Å². The highest BCUT2D eigenvalue weighted by Crippen LogP contribution is 2.13. The monoisotopic (exact) mass is 361 g/mol. The molecule has 7 heteroatoms. The molecule has 2 N–H and O–H groups in total. The van der Waals surface area contributed by atoms with Crippen LogP contribution in [0.1, 0.15) is 12.6 Å². The van der Waals surface area contributed by atoms with Crippen LogP contribution in [-0.4, -0.2) is 34.3 Å². The lowest BCUT2D eigenvalue weighted by atomic mass is 10.2. The van der Waals surface area contributed by atoms with Crippen LogP contribution >= 0.6 is 11.8 Å². The zero-order valence-corrected chi connectivity index (χ0v) is 14.7. The fourth-order valence-corrected chi connectivity index (χ4v) is 2.72. The Morgan fingerprint density at radius 2 is 1.96 bits per heavy atom. The lowest BCUT2D eigenvalue weighted by Gasteiger charge is -2.12. The SMILES string of the molecule is CC(SCC(=O)Nc1ccc(F)cc1)C(=O)NCCc1ccccn1. The van der Waals surface area contributed by atoms with E-state index in [2.05, 4.69) is 15.6 Å². The highest BCUT2D eigenvalue weighted by molar-refractivity contribution is 8.01. The number of carbonyl (C=O) groups excluding carboxylic acids is 2. The molecule has 0 fully saturated rings. The molecule has 0 aliphatic heterocycles. The van der Waals surface area contributed by atoms with Gasteiger partial charge in [0, 0.05) is 30.5 Å². The fraction of sp³-hybridized carbons (Fsp3) is 0.278. The second kappa shape index (κ2) is 9.78. The molecular weight excluding hydrogens is 341 g/mol. The van der Waals surface area contributed by atoms with Crippen LogP contribution in [0.2, 0.25) is 0 Å². The molecule has 1 aromatic carbocycles. The number of hydrogen-bond acceptors (Lipinski definition) is 4. The van der Waals surface area contributed by atoms with E-state index in [1.54, 1.807) is 13.1 Å². The van der Waals surface area contributed by atoms with Gasteiger partial charge in [-0.1, -0.05) is 6.07 Å². The number of amides is 2. The van der Waals surface area contributed by atoms with E-state index in [1.165, 1.54) is 36.0 Å². The second-order valence-electron chi connectivity index (χ2n) is 5.37. The Kier molecular flexibility index (Phi) is 7.40. The number of halogens is 1. The largest absolute Gasteiger partial charge is 0.355 e. The Labute approximate surface area is 150 Å². The highest BCUT2D eigenvalue weighted by Gasteiger charge is 2.15. The first kappa shape index (κ1) is 18.9. The van der Waals surface area contributed by atoms with Crippen molar-refractivity contribution in [2.24, 2.45) is 0 Å². The van der Waals surface area contributed by atoms with Crippen molar-refractivity contribution in [2.45, 2.75) is 18.6 Å². The summed E-state index contributed by atoms with van der Waals surface area (Å²) < 4.78 is 12.8. The Morgan fingerprint density at radius 3 is 2.64 bits per heavy atom. The molecule has 1 atom stereocenters. The van der Waals surface area contributed by atoms with E-state index in [0.29, 0.717) is 18.7 Å². The Balaban J connectivity index is 1.66. The number of hydrogen-bond donors (Lipinski definition) is 2. The van der Waals surface area contributed by atoms with E-state index in [1.807, 2.05) is 18.2 Å². The second-order valence-corrected chi connectivity index (χ2v) is 6.70. The summed E-state index contributed by atoms with van der Waals surface area (Å²) in [6.07, 6.45) is 2.38. The van der Waals surface area contributed by atoms with Gasteiger partial charge in [-0.3, -0.25) is 14.6 Å². The summed E-state index contributed by atoms with van der Waals surface area (Å²) in [4.78, 5) is 28.1. The summed E-state index contributed by atoms with van der Waals surface area (Å²) in [6.45, 7) is 2.26. The number of thioether (sulfide) groups is 1. The molecule has 0 aliphatic carbocycles. The van der Waals surface area contributed by atoms with Gasteiger partial charge in [-0.25, -0.2) is 4.39 Å². The van der Waals surface area contributed by atoms with Crippen LogP contribution in [0.4, 0.5) is 10.1 Å². The molecule has 132 valence electrons. The third-order valence-corrected chi connectivity index (χ3v) is 4.51. The minimum Gasteiger partial charge on any atom is -0.355 e. The molecule has 0 bridgehead atoms. The first-order chi connectivity index (χ1) is 12.0. The summed E-state index contributed by atoms with van der Waals surface area (Å²) in [5, 5.41) is 5.15. The van der Waals surface area contributed by atoms with E-state index in [-0.39, 0.29) is 28.6 Å². The summed E-state index contributed by atoms with van der Waals surface area (Å²) in [7, 11) is 0. The average molecular weight is 361 g/mol. The van der Waals surface area contributed by atoms with Crippen molar-refractivity contribution in [1.29, 1.82) is 0 Å². The number of nitrogens with zero attached hydrogens (tertiary/aromatic N) is 1. The van der Waals surface area contributed by atoms with Crippen molar-refractivity contribution < 1.29 is 14.0 Å². The van der Waals surface area contributed by atoms with Crippen LogP contribution in [0.25, 0.3) is 0 Å². The van der Waals surface area contributed by atoms with Crippen molar-refractivity contribution in [1.82, 2.24) is 10.3 Å². The molecule has 1 heterocycles. The normalized spacial score (nSPS) is 11.6. The molecule has 2 aromatic rings. The van der Waals surface area contributed by atoms with Gasteiger partial charge in [0.15, 0.2) is 0 Å². The molecule has 5 nitrogen and oxygen atoms in total. The maximum Gasteiger partial charge on any atom is 0.234 e. The van der Waals surface area contributed by atoms with Crippen LogP contribution in [0.3, 0.4) is 0 Å². The molecule has 0 saturated carbocycles. The number of rotatable bonds is 8. The number of carbonyl (C=O) groups is 2. The molecule has 0 aliphatic rings. The Bertz CT molecular complexity index is 695. The van der Waals surface area contributed by atoms with Gasteiger partial charge in [-0.2, -0.15) is 0 Å². The molecule has 0 spiro atoms. The summed E-state index contributed by atoms with van der Waals surface area (Å²) in [6, 6.07) is 11.2. The third kappa shape index (κ3) is 6.93. The van der Waals surface area contributed by atoms with Crippen molar-refractivity contribution >= 4 is 29.3 Å². The number of anilines is 1. The van der Waals surface area contributed by atoms with E-state index in [4.69, 9.17) is 0 Å². The zero-order valence-electron chi connectivity index (χ0n) is 13.9. The first-order valence-electron chi connectivity index (χ1n) is 7.89. The fourth-order valence-electron chi connectivity index (χ4n) is 2.01. The standard InChI is InChI=1S/C18H20FN3O2S/c1-13(18(24)21-11-9-15-4-2-3-10-20-15)25-12-17(23)22-16-7-5-14(19)6-8-16/h2-8,10,13H,9,11-12H2,1H3,(H,21,24)(H,22,23). The predicted octanol–water partition coefficient (Wildman–Crippen LogP) is 2.64. The molecule has 2 rings (SSSR count). The summed E-state index contributed by atoms with van der Waals surface area (Å²) in [5.74, 6) is -0.560. The Morgan fingerprint density at radius 1 is 1.20 bits per heavy atom. The minimum atomic E-state index is -0.358. The number of benzene rings is 1. The van der Waals surface area contributed by atoms with Crippen molar-refractivity contribution in [3.05, 3.63) is 60.2 Å². The number of nitrogens with one attached hydrogen (secondary N) is 2. The van der Waals surface area contributed by atoms with E-state index in [0.717, 1.165) is 5.69 Å². The van der Waals surface area contributed by atoms with Gasteiger partial charge in [0.2, 0.25) is 11.8 Å². The predicted molar refractivity (Wildman–Crippen MR) is 97.9 cm³/mol. The third-order valence-electron chi connectivity index (χ3n) is 3.37. The smallest absolute Gasteiger partial charge is 0.234 e. The van der Waals surface area contributed by atoms with Gasteiger partial charge in [0.1, 0.15) is 5.82 Å². The summed E-state index contributed by atoms with van der Waals surface area (Å²) in [5.41, 5.74) is 1.45. The average Bonchev–Trinajstić information content (AvgIpc) is 2.62. The van der Waals surface area contributed by atoms with Crippen molar-refractivity contribution in [2.75, 3.05) is 17.6 Å². The van der Waals surface area contributed by atoms with Gasteiger partial charge in [0.25, 0.3) is 0 Å². The maximum absolute atomic E-state index is 12.8. The quantitative estimate of drug-likeness (QED) is 0.758. The van der Waals surface area contributed by atoms with Gasteiger partial charge in [-0.15, -0.1) is 11.8 Å². The summed E-state index contributed by atoms with van der Waals surface area (Å²) >= 11 is 1.25. The van der Waals surface area contributed by atoms with E-state index >= 15 is 0 Å². The van der Waals surface area contributed by atoms with Crippen LogP contribution in [0.5, 0.6) is 0 Å². The highest BCUT2D eigenvalue weighted by atomic mass is 32.2. The van der Waals surface area contributed by atoms with Crippen LogP contribution in [0, 0.1) is 5.82 Å². The van der Waals surface area contributed by atoms with Crippen molar-refractivity contribution in [3.8, 4) is 0 Å². The lowest BCUT2D eigenvalue weighted by Crippen LogP contribution is -2.33. The van der Waals surface area contributed by atoms with Crippen LogP contribution < -0.4 is 10.6 Å². The van der Waals surface area contributed by atoms with Gasteiger partial charge in [0.05, 0.1) is 11.0 Å². The number of aromatic nitrogens is 1. The topological polar surface area (TPSA) is 71.1 Å². The molecule has 1 unspecified atom stereocenters. The van der Waals surface area contributed by atoms with E-state index in [9.17, 15) is 14.0 Å². The lowest BCUT2D eigenvalue weighted by molar-refractivity contribution is -0.120. The van der Waals surface area contributed by atoms with Gasteiger partial charge in [-0.05, 0) is 43.3 Å². The van der Waals surface area contributed by atoms with Gasteiger partial charge >= 0.3 is 0 Å². The molecular formula is C18H20FN3O2S. The molecule has 2 amide bonds. The maximum atomic E-state index is 12.8. The number of pyridine rings is 1. The molecule has 0 radical (unpaired) electrons. The molecule has 1 aromatic heterocycles. The first-order valence-corrected chi connectivity index (χ1v) is 8.94. The minimum absolute atomic E-state index is 0.115. The van der Waals surface area contributed by atoms with Gasteiger partial charge < -0.3 is 10.6 Å².